The van der Waals surface area contributed by atoms with Gasteiger partial charge >= 0.3 is 0 Å². The van der Waals surface area contributed by atoms with Crippen LogP contribution in [0.4, 0.5) is 0 Å². The summed E-state index contributed by atoms with van der Waals surface area (Å²) in [7, 11) is 0. The van der Waals surface area contributed by atoms with Gasteiger partial charge in [-0.3, -0.25) is 29.9 Å². The number of hydrogen-bond donors (Lipinski definition) is 0. The Morgan fingerprint density at radius 2 is 0.292 bits per heavy atom. The highest BCUT2D eigenvalue weighted by molar-refractivity contribution is 9.11. The van der Waals surface area contributed by atoms with Crippen molar-refractivity contribution in [3.63, 3.8) is 0 Å². The zero-order chi connectivity index (χ0) is 81.2. The van der Waals surface area contributed by atoms with E-state index in [1.165, 1.54) is 0 Å². The number of pyridine rings is 4. The van der Waals surface area contributed by atoms with Gasteiger partial charge in [-0.05, 0) is 255 Å². The van der Waals surface area contributed by atoms with Crippen LogP contribution in [0.1, 0.15) is 0 Å². The molecule has 5 heterocycles. The summed E-state index contributed by atoms with van der Waals surface area (Å²) in [6, 6.07) is 129. The summed E-state index contributed by atoms with van der Waals surface area (Å²) in [5.41, 5.74) is 37.1. The molecule has 19 aromatic rings. The Hall–Kier alpha value is -12.4. The zero-order valence-corrected chi connectivity index (χ0v) is 73.6. The molecule has 570 valence electrons. The largest absolute Gasteiger partial charge is 0.256 e. The van der Waals surface area contributed by atoms with E-state index in [2.05, 4.69) is 407 Å². The highest BCUT2D eigenvalue weighted by atomic mass is 79.9. The lowest BCUT2D eigenvalue weighted by molar-refractivity contribution is 1.21. The quantitative estimate of drug-likeness (QED) is 0.0852. The third-order valence-corrected chi connectivity index (χ3v) is 25.9. The van der Waals surface area contributed by atoms with Gasteiger partial charge in [0, 0.05) is 85.0 Å². The van der Waals surface area contributed by atoms with Crippen LogP contribution in [-0.2, 0) is 0 Å². The summed E-state index contributed by atoms with van der Waals surface area (Å²) in [5.74, 6) is 0. The lowest BCUT2D eigenvalue weighted by atomic mass is 9.86. The highest BCUT2D eigenvalue weighted by Gasteiger charge is 2.24. The monoisotopic (exact) mass is 1920 g/mol. The summed E-state index contributed by atoms with van der Waals surface area (Å²) in [5, 5.41) is 0. The van der Waals surface area contributed by atoms with Crippen molar-refractivity contribution in [2.45, 2.75) is 0 Å². The van der Waals surface area contributed by atoms with Gasteiger partial charge in [-0.15, -0.1) is 0 Å². The molecule has 14 aromatic carbocycles. The number of halogens is 6. The Labute approximate surface area is 747 Å². The molecule has 0 radical (unpaired) electrons. The first-order valence-corrected chi connectivity index (χ1v) is 43.9. The molecule has 0 saturated carbocycles. The Bertz CT molecular complexity index is 6380. The summed E-state index contributed by atoms with van der Waals surface area (Å²) in [6.45, 7) is 0. The van der Waals surface area contributed by atoms with Crippen molar-refractivity contribution in [2.75, 3.05) is 0 Å². The molecule has 0 spiro atoms. The molecule has 5 aromatic heterocycles. The standard InChI is InChI=1S/C108H66Br6N6/c109-97-59-67(103-33-13-17-49-115-103)37-43-91(97)85-27-7-1-21-79(85)73-53-74(80-22-2-8-28-86(80)92-44-38-68(60-98(92)110)104-34-14-18-50-116-104)56-77(55-73)83-25-5-11-31-89(83)95-47-41-71(63-101(95)113)107-65-120-108(66-119-107)72-42-48-96(102(114)64-72)90-32-12-6-26-84(90)78-57-75(81-23-3-9-29-87(81)93-45-39-69(61-99(93)111)105-35-15-19-51-117-105)54-76(58-78)82-24-4-10-30-88(82)94-46-40-70(62-100(94)112)106-36-16-20-52-118-106/h1-66H. The number of nitrogens with zero attached hydrogens (tertiary/aromatic N) is 6. The van der Waals surface area contributed by atoms with Gasteiger partial charge in [0.2, 0.25) is 0 Å². The van der Waals surface area contributed by atoms with Crippen LogP contribution in [0.25, 0.3) is 201 Å². The van der Waals surface area contributed by atoms with Gasteiger partial charge in [0.05, 0.1) is 46.6 Å². The molecule has 0 aliphatic rings. The minimum Gasteiger partial charge on any atom is -0.256 e. The minimum atomic E-state index is 0.749. The second-order valence-corrected chi connectivity index (χ2v) is 34.3. The van der Waals surface area contributed by atoms with Gasteiger partial charge in [-0.2, -0.15) is 0 Å². The third kappa shape index (κ3) is 15.9. The average Bonchev–Trinajstić information content (AvgIpc) is 0.764. The fourth-order valence-electron chi connectivity index (χ4n) is 16.1. The molecule has 0 aliphatic carbocycles. The van der Waals surface area contributed by atoms with Gasteiger partial charge in [0.25, 0.3) is 0 Å². The number of hydrogen-bond acceptors (Lipinski definition) is 6. The molecule has 0 aliphatic heterocycles. The van der Waals surface area contributed by atoms with E-state index in [1.807, 2.05) is 110 Å². The lowest BCUT2D eigenvalue weighted by Crippen LogP contribution is -1.94. The Morgan fingerprint density at radius 1 is 0.125 bits per heavy atom. The van der Waals surface area contributed by atoms with Crippen molar-refractivity contribution in [3.8, 4) is 201 Å². The molecule has 12 heteroatoms. The number of rotatable bonds is 18. The Balaban J connectivity index is 0.649. The summed E-state index contributed by atoms with van der Waals surface area (Å²) in [6.07, 6.45) is 11.1. The maximum absolute atomic E-state index is 5.12. The number of benzene rings is 14. The Morgan fingerprint density at radius 3 is 0.450 bits per heavy atom. The van der Waals surface area contributed by atoms with Crippen molar-refractivity contribution in [1.29, 1.82) is 0 Å². The van der Waals surface area contributed by atoms with Crippen molar-refractivity contribution >= 4 is 95.6 Å². The van der Waals surface area contributed by atoms with Gasteiger partial charge < -0.3 is 0 Å². The van der Waals surface area contributed by atoms with Crippen LogP contribution < -0.4 is 0 Å². The molecule has 0 atom stereocenters. The normalized spacial score (nSPS) is 11.2. The molecule has 120 heavy (non-hydrogen) atoms. The molecule has 0 saturated heterocycles. The lowest BCUT2D eigenvalue weighted by Gasteiger charge is -2.19. The first-order chi connectivity index (χ1) is 59.0. The molecule has 0 fully saturated rings. The first-order valence-electron chi connectivity index (χ1n) is 39.1. The zero-order valence-electron chi connectivity index (χ0n) is 64.1. The van der Waals surface area contributed by atoms with E-state index in [9.17, 15) is 0 Å². The Kier molecular flexibility index (Phi) is 22.3. The molecule has 0 bridgehead atoms. The second-order valence-electron chi connectivity index (χ2n) is 29.2. The van der Waals surface area contributed by atoms with Crippen molar-refractivity contribution in [2.24, 2.45) is 0 Å². The molecule has 0 N–H and O–H groups in total. The van der Waals surface area contributed by atoms with Crippen LogP contribution in [0, 0.1) is 0 Å². The van der Waals surface area contributed by atoms with Crippen molar-refractivity contribution in [3.05, 3.63) is 428 Å². The van der Waals surface area contributed by atoms with Crippen LogP contribution in [0.2, 0.25) is 0 Å². The maximum Gasteiger partial charge on any atom is 0.0886 e. The van der Waals surface area contributed by atoms with Gasteiger partial charge in [-0.1, -0.05) is 338 Å². The fourth-order valence-corrected chi connectivity index (χ4v) is 19.7. The summed E-state index contributed by atoms with van der Waals surface area (Å²) in [4.78, 5) is 28.9. The minimum absolute atomic E-state index is 0.749. The fraction of sp³-hybridized carbons (Fsp3) is 0. The summed E-state index contributed by atoms with van der Waals surface area (Å²) < 4.78 is 5.77. The molecule has 0 unspecified atom stereocenters. The van der Waals surface area contributed by atoms with E-state index in [0.717, 1.165) is 228 Å². The number of aromatic nitrogens is 6. The predicted octanol–water partition coefficient (Wildman–Crippen LogP) is 32.6. The average molecular weight is 1930 g/mol. The topological polar surface area (TPSA) is 77.3 Å². The van der Waals surface area contributed by atoms with Crippen LogP contribution in [0.5, 0.6) is 0 Å². The van der Waals surface area contributed by atoms with E-state index in [4.69, 9.17) is 9.97 Å². The summed E-state index contributed by atoms with van der Waals surface area (Å²) >= 11 is 24.3. The molecular weight excluding hydrogens is 1860 g/mol. The first kappa shape index (κ1) is 77.5. The van der Waals surface area contributed by atoms with Crippen LogP contribution in [0.15, 0.2) is 428 Å². The van der Waals surface area contributed by atoms with Crippen molar-refractivity contribution < 1.29 is 0 Å². The van der Waals surface area contributed by atoms with E-state index >= 15 is 0 Å². The SMILES string of the molecule is Brc1cc(-c2ccccn2)ccc1-c1ccccc1-c1cc(-c2ccccc2-c2ccc(-c3ccccn3)cc2Br)cc(-c2ccccc2-c2ccc(-c3cnc(-c4ccc(-c5ccccc5-c5cc(-c6ccccc6-c6ccc(-c7ccccn7)cc6Br)cc(-c6ccccc6-c6ccc(-c7ccccn7)cc6Br)c5)c(Br)c4)cn3)cc2Br)c1. The molecule has 0 amide bonds. The van der Waals surface area contributed by atoms with Gasteiger partial charge in [0.15, 0.2) is 0 Å². The molecule has 19 rings (SSSR count). The maximum atomic E-state index is 5.12. The predicted molar refractivity (Wildman–Crippen MR) is 517 cm³/mol. The van der Waals surface area contributed by atoms with Crippen molar-refractivity contribution in [1.82, 2.24) is 29.9 Å². The van der Waals surface area contributed by atoms with Gasteiger partial charge in [0.1, 0.15) is 0 Å². The second kappa shape index (κ2) is 34.5. The third-order valence-electron chi connectivity index (χ3n) is 21.9. The highest BCUT2D eigenvalue weighted by Crippen LogP contribution is 2.50. The smallest absolute Gasteiger partial charge is 0.0886 e. The van der Waals surface area contributed by atoms with Crippen LogP contribution in [0.3, 0.4) is 0 Å². The van der Waals surface area contributed by atoms with E-state index in [1.54, 1.807) is 0 Å². The van der Waals surface area contributed by atoms with E-state index in [0.29, 0.717) is 0 Å². The van der Waals surface area contributed by atoms with E-state index in [-0.39, 0.29) is 0 Å². The van der Waals surface area contributed by atoms with E-state index < -0.39 is 0 Å². The molecular formula is C108H66Br6N6. The van der Waals surface area contributed by atoms with Gasteiger partial charge in [-0.25, -0.2) is 0 Å². The molecule has 6 nitrogen and oxygen atoms in total. The van der Waals surface area contributed by atoms with Crippen LogP contribution in [-0.4, -0.2) is 29.9 Å². The van der Waals surface area contributed by atoms with Crippen LogP contribution >= 0.6 is 95.6 Å².